The second-order valence-corrected chi connectivity index (χ2v) is 8.00. The molecule has 4 rings (SSSR count). The second kappa shape index (κ2) is 10.9. The summed E-state index contributed by atoms with van der Waals surface area (Å²) in [6.45, 7) is 4.73. The van der Waals surface area contributed by atoms with Gasteiger partial charge in [-0.15, -0.1) is 0 Å². The maximum atomic E-state index is 12.9. The number of morpholine rings is 1. The van der Waals surface area contributed by atoms with Gasteiger partial charge in [-0.05, 0) is 54.2 Å². The van der Waals surface area contributed by atoms with Gasteiger partial charge in [0.05, 0.1) is 13.2 Å². The van der Waals surface area contributed by atoms with E-state index in [2.05, 4.69) is 46.6 Å². The van der Waals surface area contributed by atoms with Crippen LogP contribution in [-0.2, 0) is 24.0 Å². The first kappa shape index (κ1) is 21.3. The first-order chi connectivity index (χ1) is 15.3. The third-order valence-corrected chi connectivity index (χ3v) is 5.82. The van der Waals surface area contributed by atoms with Crippen molar-refractivity contribution in [3.05, 3.63) is 101 Å². The highest BCUT2D eigenvalue weighted by atomic mass is 16.5. The van der Waals surface area contributed by atoms with Crippen molar-refractivity contribution < 1.29 is 9.53 Å². The van der Waals surface area contributed by atoms with E-state index in [4.69, 9.17) is 4.74 Å². The molecule has 0 aliphatic carbocycles. The maximum absolute atomic E-state index is 12.9. The van der Waals surface area contributed by atoms with Crippen molar-refractivity contribution in [1.29, 1.82) is 0 Å². The number of ether oxygens (including phenoxy) is 1. The molecule has 1 N–H and O–H groups in total. The highest BCUT2D eigenvalue weighted by Crippen LogP contribution is 2.17. The number of carbonyl (C=O) groups excluding carboxylic acids is 1. The van der Waals surface area contributed by atoms with Crippen molar-refractivity contribution in [2.45, 2.75) is 19.3 Å². The molecule has 160 valence electrons. The minimum Gasteiger partial charge on any atom is -0.379 e. The Morgan fingerprint density at radius 3 is 2.23 bits per heavy atom. The fraction of sp³-hybridized carbons (Fsp3) is 0.296. The summed E-state index contributed by atoms with van der Waals surface area (Å²) in [5, 5.41) is 3.06. The first-order valence-electron chi connectivity index (χ1n) is 11.1. The summed E-state index contributed by atoms with van der Waals surface area (Å²) >= 11 is 0. The van der Waals surface area contributed by atoms with E-state index in [0.29, 0.717) is 0 Å². The summed E-state index contributed by atoms with van der Waals surface area (Å²) in [5.74, 6) is -0.0512. The van der Waals surface area contributed by atoms with Gasteiger partial charge in [0.1, 0.15) is 0 Å². The van der Waals surface area contributed by atoms with Crippen molar-refractivity contribution in [2.24, 2.45) is 0 Å². The molecule has 0 bridgehead atoms. The van der Waals surface area contributed by atoms with Crippen LogP contribution in [0.1, 0.15) is 27.0 Å². The Morgan fingerprint density at radius 1 is 0.774 bits per heavy atom. The second-order valence-electron chi connectivity index (χ2n) is 8.00. The van der Waals surface area contributed by atoms with Gasteiger partial charge in [-0.1, -0.05) is 60.7 Å². The number of benzene rings is 3. The third-order valence-electron chi connectivity index (χ3n) is 5.82. The van der Waals surface area contributed by atoms with Gasteiger partial charge < -0.3 is 10.1 Å². The van der Waals surface area contributed by atoms with Crippen LogP contribution >= 0.6 is 0 Å². The molecule has 1 heterocycles. The van der Waals surface area contributed by atoms with Gasteiger partial charge >= 0.3 is 0 Å². The Bertz CT molecular complexity index is 964. The predicted molar refractivity (Wildman–Crippen MR) is 126 cm³/mol. The normalized spacial score (nSPS) is 14.3. The highest BCUT2D eigenvalue weighted by molar-refractivity contribution is 6.05. The molecule has 1 amide bonds. The Kier molecular flexibility index (Phi) is 7.48. The van der Waals surface area contributed by atoms with E-state index in [9.17, 15) is 4.79 Å². The van der Waals surface area contributed by atoms with E-state index in [-0.39, 0.29) is 5.91 Å². The highest BCUT2D eigenvalue weighted by Gasteiger charge is 2.12. The molecule has 3 aromatic carbocycles. The van der Waals surface area contributed by atoms with E-state index in [1.165, 1.54) is 11.1 Å². The summed E-state index contributed by atoms with van der Waals surface area (Å²) in [6, 6.07) is 26.5. The van der Waals surface area contributed by atoms with Gasteiger partial charge in [0.15, 0.2) is 0 Å². The minimum absolute atomic E-state index is 0.0512. The van der Waals surface area contributed by atoms with Gasteiger partial charge in [-0.25, -0.2) is 0 Å². The van der Waals surface area contributed by atoms with Crippen molar-refractivity contribution in [3.63, 3.8) is 0 Å². The molecule has 0 aromatic heterocycles. The average Bonchev–Trinajstić information content (AvgIpc) is 2.84. The Balaban J connectivity index is 1.33. The van der Waals surface area contributed by atoms with E-state index in [0.717, 1.165) is 68.9 Å². The van der Waals surface area contributed by atoms with Crippen LogP contribution in [0, 0.1) is 0 Å². The van der Waals surface area contributed by atoms with Crippen molar-refractivity contribution >= 4 is 11.6 Å². The van der Waals surface area contributed by atoms with Crippen LogP contribution in [-0.4, -0.2) is 43.7 Å². The lowest BCUT2D eigenvalue weighted by atomic mass is 9.99. The van der Waals surface area contributed by atoms with Crippen LogP contribution in [0.25, 0.3) is 0 Å². The number of nitrogens with one attached hydrogen (secondary N) is 1. The molecule has 0 unspecified atom stereocenters. The van der Waals surface area contributed by atoms with Gasteiger partial charge in [-0.3, -0.25) is 9.69 Å². The lowest BCUT2D eigenvalue weighted by Gasteiger charge is -2.26. The van der Waals surface area contributed by atoms with Gasteiger partial charge in [0, 0.05) is 30.9 Å². The van der Waals surface area contributed by atoms with Gasteiger partial charge in [-0.2, -0.15) is 0 Å². The molecular formula is C27H30N2O2. The smallest absolute Gasteiger partial charge is 0.255 e. The minimum atomic E-state index is -0.0512. The summed E-state index contributed by atoms with van der Waals surface area (Å²) in [5.41, 5.74) is 5.22. The lowest BCUT2D eigenvalue weighted by molar-refractivity contribution is 0.0384. The standard InChI is InChI=1S/C27H30N2O2/c30-27(26-9-5-4-8-24(26)13-10-22-6-2-1-3-7-22)28-25-14-11-23(12-15-25)16-17-29-18-20-31-21-19-29/h1-9,11-12,14-15H,10,13,16-21H2,(H,28,30). The monoisotopic (exact) mass is 414 g/mol. The Hall–Kier alpha value is -2.95. The number of aryl methyl sites for hydroxylation is 2. The van der Waals surface area contributed by atoms with E-state index >= 15 is 0 Å². The quantitative estimate of drug-likeness (QED) is 0.586. The first-order valence-corrected chi connectivity index (χ1v) is 11.1. The average molecular weight is 415 g/mol. The number of rotatable bonds is 8. The number of carbonyl (C=O) groups is 1. The van der Waals surface area contributed by atoms with Crippen LogP contribution in [0.3, 0.4) is 0 Å². The number of hydrogen-bond donors (Lipinski definition) is 1. The van der Waals surface area contributed by atoms with Crippen LogP contribution in [0.2, 0.25) is 0 Å². The van der Waals surface area contributed by atoms with E-state index in [1.54, 1.807) is 0 Å². The van der Waals surface area contributed by atoms with Crippen LogP contribution in [0.15, 0.2) is 78.9 Å². The molecule has 0 spiro atoms. The summed E-state index contributed by atoms with van der Waals surface area (Å²) in [6.07, 6.45) is 2.77. The molecule has 0 radical (unpaired) electrons. The molecule has 1 saturated heterocycles. The molecule has 31 heavy (non-hydrogen) atoms. The zero-order chi connectivity index (χ0) is 21.3. The molecule has 1 aliphatic rings. The van der Waals surface area contributed by atoms with Crippen LogP contribution in [0.5, 0.6) is 0 Å². The molecule has 4 nitrogen and oxygen atoms in total. The summed E-state index contributed by atoms with van der Waals surface area (Å²) in [4.78, 5) is 15.4. The number of hydrogen-bond acceptors (Lipinski definition) is 3. The lowest BCUT2D eigenvalue weighted by Crippen LogP contribution is -2.37. The molecule has 0 atom stereocenters. The maximum Gasteiger partial charge on any atom is 0.255 e. The number of nitrogens with zero attached hydrogens (tertiary/aromatic N) is 1. The topological polar surface area (TPSA) is 41.6 Å². The molecule has 4 heteroatoms. The summed E-state index contributed by atoms with van der Waals surface area (Å²) < 4.78 is 5.41. The summed E-state index contributed by atoms with van der Waals surface area (Å²) in [7, 11) is 0. The van der Waals surface area contributed by atoms with Crippen molar-refractivity contribution in [1.82, 2.24) is 4.90 Å². The molecular weight excluding hydrogens is 384 g/mol. The molecule has 3 aromatic rings. The molecule has 0 saturated carbocycles. The third kappa shape index (κ3) is 6.27. The Morgan fingerprint density at radius 2 is 1.45 bits per heavy atom. The molecule has 1 aliphatic heterocycles. The van der Waals surface area contributed by atoms with Crippen LogP contribution < -0.4 is 5.32 Å². The largest absolute Gasteiger partial charge is 0.379 e. The van der Waals surface area contributed by atoms with Gasteiger partial charge in [0.2, 0.25) is 0 Å². The SMILES string of the molecule is O=C(Nc1ccc(CCN2CCOCC2)cc1)c1ccccc1CCc1ccccc1. The predicted octanol–water partition coefficient (Wildman–Crippen LogP) is 4.60. The van der Waals surface area contributed by atoms with Crippen molar-refractivity contribution in [2.75, 3.05) is 38.2 Å². The van der Waals surface area contributed by atoms with Crippen molar-refractivity contribution in [3.8, 4) is 0 Å². The number of amides is 1. The Labute approximate surface area is 184 Å². The zero-order valence-electron chi connectivity index (χ0n) is 17.9. The fourth-order valence-corrected chi connectivity index (χ4v) is 3.95. The fourth-order valence-electron chi connectivity index (χ4n) is 3.95. The molecule has 1 fully saturated rings. The zero-order valence-corrected chi connectivity index (χ0v) is 17.9. The number of anilines is 1. The van der Waals surface area contributed by atoms with E-state index in [1.807, 2.05) is 42.5 Å². The van der Waals surface area contributed by atoms with Crippen LogP contribution in [0.4, 0.5) is 5.69 Å². The van der Waals surface area contributed by atoms with Gasteiger partial charge in [0.25, 0.3) is 5.91 Å². The van der Waals surface area contributed by atoms with E-state index < -0.39 is 0 Å².